The van der Waals surface area contributed by atoms with Crippen LogP contribution < -0.4 is 9.46 Å². The van der Waals surface area contributed by atoms with Crippen LogP contribution in [0.4, 0.5) is 5.69 Å². The Labute approximate surface area is 221 Å². The number of fused-ring (bicyclic) bond motifs is 1. The van der Waals surface area contributed by atoms with E-state index in [9.17, 15) is 16.8 Å². The molecule has 0 aliphatic carbocycles. The number of anilines is 1. The Morgan fingerprint density at radius 3 is 2.43 bits per heavy atom. The van der Waals surface area contributed by atoms with Crippen LogP contribution >= 0.6 is 22.9 Å². The van der Waals surface area contributed by atoms with Crippen molar-refractivity contribution in [2.24, 2.45) is 0 Å². The second-order valence-corrected chi connectivity index (χ2v) is 12.6. The van der Waals surface area contributed by atoms with Gasteiger partial charge in [-0.2, -0.15) is 0 Å². The lowest BCUT2D eigenvalue weighted by Crippen LogP contribution is -2.13. The van der Waals surface area contributed by atoms with Crippen molar-refractivity contribution in [1.29, 1.82) is 0 Å². The molecule has 0 fully saturated rings. The molecule has 0 unspecified atom stereocenters. The van der Waals surface area contributed by atoms with Crippen LogP contribution in [-0.4, -0.2) is 38.0 Å². The third kappa shape index (κ3) is 5.14. The molecule has 0 saturated heterocycles. The normalized spacial score (nSPS) is 11.9. The predicted molar refractivity (Wildman–Crippen MR) is 143 cm³/mol. The van der Waals surface area contributed by atoms with Crippen LogP contribution in [0.3, 0.4) is 0 Å². The fourth-order valence-corrected chi connectivity index (χ4v) is 6.35. The zero-order valence-electron chi connectivity index (χ0n) is 19.0. The highest BCUT2D eigenvalue weighted by molar-refractivity contribution is 7.93. The molecule has 0 saturated carbocycles. The van der Waals surface area contributed by atoms with E-state index >= 15 is 0 Å². The van der Waals surface area contributed by atoms with E-state index in [-0.39, 0.29) is 21.0 Å². The molecular weight excluding hydrogens is 556 g/mol. The van der Waals surface area contributed by atoms with Crippen LogP contribution in [0.15, 0.2) is 88.5 Å². The van der Waals surface area contributed by atoms with Crippen LogP contribution in [0.25, 0.3) is 21.3 Å². The van der Waals surface area contributed by atoms with E-state index in [1.54, 1.807) is 60.1 Å². The monoisotopic (exact) mass is 572 g/mol. The maximum absolute atomic E-state index is 13.0. The molecule has 2 heterocycles. The van der Waals surface area contributed by atoms with E-state index in [2.05, 4.69) is 19.7 Å². The second kappa shape index (κ2) is 9.71. The molecule has 1 N–H and O–H groups in total. The minimum absolute atomic E-state index is 0.0356. The summed E-state index contributed by atoms with van der Waals surface area (Å²) in [5.74, 6) is 0.638. The predicted octanol–water partition coefficient (Wildman–Crippen LogP) is 5.40. The first-order chi connectivity index (χ1) is 17.6. The Balaban J connectivity index is 1.52. The Kier molecular flexibility index (Phi) is 6.58. The Bertz CT molecular complexity index is 1860. The average Bonchev–Trinajstić information content (AvgIpc) is 3.32. The van der Waals surface area contributed by atoms with E-state index in [0.717, 1.165) is 6.26 Å². The Hall–Kier alpha value is -3.58. The largest absolute Gasteiger partial charge is 0.437 e. The minimum atomic E-state index is -3.95. The van der Waals surface area contributed by atoms with Gasteiger partial charge in [0.05, 0.1) is 21.9 Å². The van der Waals surface area contributed by atoms with Gasteiger partial charge in [-0.3, -0.25) is 4.72 Å². The highest BCUT2D eigenvalue weighted by Crippen LogP contribution is 2.39. The first-order valence-electron chi connectivity index (χ1n) is 10.6. The van der Waals surface area contributed by atoms with Gasteiger partial charge in [-0.1, -0.05) is 48.0 Å². The Morgan fingerprint density at radius 2 is 1.65 bits per heavy atom. The van der Waals surface area contributed by atoms with E-state index in [4.69, 9.17) is 16.3 Å². The first kappa shape index (κ1) is 25.1. The van der Waals surface area contributed by atoms with Crippen LogP contribution in [-0.2, 0) is 19.9 Å². The third-order valence-corrected chi connectivity index (χ3v) is 8.75. The molecule has 0 amide bonds. The molecule has 0 aliphatic heterocycles. The number of ether oxygens (including phenoxy) is 1. The summed E-state index contributed by atoms with van der Waals surface area (Å²) in [4.78, 5) is 12.7. The molecule has 0 aliphatic rings. The van der Waals surface area contributed by atoms with E-state index in [0.29, 0.717) is 32.8 Å². The standard InChI is InChI=1S/C24H17ClN4O5S3/c1-36(30,31)24-26-13-12-19(28-24)22-23(27-14-35-22)34-20-10-5-6-15-16(20)7-4-9-18(15)29-37(32,33)21-11-3-2-8-17(21)25/h2-14,29H,1H3. The molecule has 0 bridgehead atoms. The van der Waals surface area contributed by atoms with Gasteiger partial charge in [-0.25, -0.2) is 31.8 Å². The van der Waals surface area contributed by atoms with Gasteiger partial charge < -0.3 is 4.74 Å². The number of sulfonamides is 1. The first-order valence-corrected chi connectivity index (χ1v) is 15.2. The number of halogens is 1. The maximum atomic E-state index is 13.0. The van der Waals surface area contributed by atoms with Gasteiger partial charge >= 0.3 is 0 Å². The van der Waals surface area contributed by atoms with E-state index in [1.807, 2.05) is 0 Å². The fraction of sp³-hybridized carbons (Fsp3) is 0.0417. The average molecular weight is 573 g/mol. The van der Waals surface area contributed by atoms with Gasteiger partial charge in [-0.05, 0) is 30.3 Å². The van der Waals surface area contributed by atoms with Crippen LogP contribution in [0.2, 0.25) is 5.02 Å². The van der Waals surface area contributed by atoms with Gasteiger partial charge in [0.1, 0.15) is 15.5 Å². The summed E-state index contributed by atoms with van der Waals surface area (Å²) in [6, 6.07) is 18.1. The summed E-state index contributed by atoms with van der Waals surface area (Å²) in [5.41, 5.74) is 2.25. The van der Waals surface area contributed by atoms with E-state index in [1.165, 1.54) is 29.7 Å². The van der Waals surface area contributed by atoms with Crippen molar-refractivity contribution in [1.82, 2.24) is 15.0 Å². The van der Waals surface area contributed by atoms with Crippen molar-refractivity contribution in [2.75, 3.05) is 11.0 Å². The van der Waals surface area contributed by atoms with Crippen molar-refractivity contribution in [3.8, 4) is 22.2 Å². The summed E-state index contributed by atoms with van der Waals surface area (Å²) >= 11 is 7.34. The van der Waals surface area contributed by atoms with Crippen molar-refractivity contribution in [3.05, 3.63) is 83.5 Å². The molecular formula is C24H17ClN4O5S3. The smallest absolute Gasteiger partial charge is 0.263 e. The number of nitrogens with zero attached hydrogens (tertiary/aromatic N) is 3. The number of hydrogen-bond donors (Lipinski definition) is 1. The third-order valence-electron chi connectivity index (χ3n) is 5.19. The zero-order valence-corrected chi connectivity index (χ0v) is 22.2. The lowest BCUT2D eigenvalue weighted by molar-refractivity contribution is 0.473. The Morgan fingerprint density at radius 1 is 0.892 bits per heavy atom. The number of aromatic nitrogens is 3. The summed E-state index contributed by atoms with van der Waals surface area (Å²) < 4.78 is 58.5. The molecule has 0 spiro atoms. The van der Waals surface area contributed by atoms with Crippen molar-refractivity contribution in [3.63, 3.8) is 0 Å². The van der Waals surface area contributed by atoms with Crippen LogP contribution in [0, 0.1) is 0 Å². The highest BCUT2D eigenvalue weighted by Gasteiger charge is 2.20. The summed E-state index contributed by atoms with van der Waals surface area (Å²) in [6.45, 7) is 0. The summed E-state index contributed by atoms with van der Waals surface area (Å²) in [5, 5.41) is 1.03. The molecule has 0 atom stereocenters. The molecule has 13 heteroatoms. The number of sulfone groups is 1. The number of benzene rings is 3. The van der Waals surface area contributed by atoms with Crippen LogP contribution in [0.1, 0.15) is 0 Å². The fourth-order valence-electron chi connectivity index (χ4n) is 3.55. The lowest BCUT2D eigenvalue weighted by atomic mass is 10.1. The molecule has 3 aromatic carbocycles. The maximum Gasteiger partial charge on any atom is 0.263 e. The quantitative estimate of drug-likeness (QED) is 0.257. The summed E-state index contributed by atoms with van der Waals surface area (Å²) in [7, 11) is -7.56. The van der Waals surface area contributed by atoms with Crippen molar-refractivity contribution < 1.29 is 21.6 Å². The van der Waals surface area contributed by atoms with Crippen molar-refractivity contribution >= 4 is 59.3 Å². The number of rotatable bonds is 7. The molecule has 9 nitrogen and oxygen atoms in total. The highest BCUT2D eigenvalue weighted by atomic mass is 35.5. The topological polar surface area (TPSA) is 128 Å². The SMILES string of the molecule is CS(=O)(=O)c1nccc(-c2scnc2Oc2cccc3c(NS(=O)(=O)c4ccccc4Cl)cccc23)n1. The van der Waals surface area contributed by atoms with Crippen molar-refractivity contribution in [2.45, 2.75) is 10.1 Å². The molecule has 5 rings (SSSR count). The van der Waals surface area contributed by atoms with Gasteiger partial charge in [-0.15, -0.1) is 11.3 Å². The molecule has 5 aromatic rings. The van der Waals surface area contributed by atoms with Crippen LogP contribution in [0.5, 0.6) is 11.6 Å². The summed E-state index contributed by atoms with van der Waals surface area (Å²) in [6.07, 6.45) is 2.39. The number of hydrogen-bond acceptors (Lipinski definition) is 9. The molecule has 188 valence electrons. The zero-order chi connectivity index (χ0) is 26.2. The number of nitrogens with one attached hydrogen (secondary N) is 1. The number of thiazole rings is 1. The second-order valence-electron chi connectivity index (χ2n) is 7.78. The minimum Gasteiger partial charge on any atom is -0.437 e. The molecule has 0 radical (unpaired) electrons. The molecule has 2 aromatic heterocycles. The lowest BCUT2D eigenvalue weighted by Gasteiger charge is -2.14. The van der Waals surface area contributed by atoms with Gasteiger partial charge in [0.2, 0.25) is 20.9 Å². The van der Waals surface area contributed by atoms with Gasteiger partial charge in [0.25, 0.3) is 10.0 Å². The van der Waals surface area contributed by atoms with Gasteiger partial charge in [0.15, 0.2) is 0 Å². The molecule has 37 heavy (non-hydrogen) atoms. The van der Waals surface area contributed by atoms with E-state index < -0.39 is 19.9 Å². The van der Waals surface area contributed by atoms with Gasteiger partial charge in [0, 0.05) is 23.2 Å².